The van der Waals surface area contributed by atoms with Crippen LogP contribution >= 0.6 is 31.9 Å². The molecule has 3 rings (SSSR count). The number of aryl methyl sites for hydroxylation is 1. The number of benzene rings is 2. The number of hydrogen-bond donors (Lipinski definition) is 2. The number of rotatable bonds is 5. The van der Waals surface area contributed by atoms with E-state index in [9.17, 15) is 4.79 Å². The van der Waals surface area contributed by atoms with E-state index in [1.807, 2.05) is 18.2 Å². The van der Waals surface area contributed by atoms with E-state index in [4.69, 9.17) is 0 Å². The van der Waals surface area contributed by atoms with Gasteiger partial charge in [-0.25, -0.2) is 0 Å². The van der Waals surface area contributed by atoms with Gasteiger partial charge in [-0.3, -0.25) is 4.79 Å². The molecule has 0 aromatic heterocycles. The maximum atomic E-state index is 13.1. The number of amides is 1. The highest BCUT2D eigenvalue weighted by Gasteiger charge is 2.43. The molecular formula is C22H26Br2N2O. The zero-order valence-electron chi connectivity index (χ0n) is 15.8. The van der Waals surface area contributed by atoms with Crippen LogP contribution in [0.2, 0.25) is 0 Å². The van der Waals surface area contributed by atoms with Gasteiger partial charge in [-0.1, -0.05) is 63.0 Å². The minimum absolute atomic E-state index is 0.0868. The van der Waals surface area contributed by atoms with Gasteiger partial charge >= 0.3 is 0 Å². The predicted molar refractivity (Wildman–Crippen MR) is 118 cm³/mol. The zero-order valence-corrected chi connectivity index (χ0v) is 19.0. The van der Waals surface area contributed by atoms with Crippen molar-refractivity contribution >= 4 is 37.8 Å². The topological polar surface area (TPSA) is 41.1 Å². The van der Waals surface area contributed by atoms with Gasteiger partial charge in [-0.15, -0.1) is 0 Å². The molecule has 1 amide bonds. The van der Waals surface area contributed by atoms with E-state index in [0.29, 0.717) is 6.54 Å². The first-order valence-electron chi connectivity index (χ1n) is 9.42. The van der Waals surface area contributed by atoms with Crippen LogP contribution in [0.25, 0.3) is 0 Å². The molecule has 2 aromatic rings. The summed E-state index contributed by atoms with van der Waals surface area (Å²) in [6, 6.07) is 14.6. The molecule has 1 aliphatic heterocycles. The van der Waals surface area contributed by atoms with Gasteiger partial charge in [-0.05, 0) is 67.7 Å². The summed E-state index contributed by atoms with van der Waals surface area (Å²) in [6.07, 6.45) is 1.96. The van der Waals surface area contributed by atoms with Gasteiger partial charge in [0.05, 0.1) is 0 Å². The summed E-state index contributed by atoms with van der Waals surface area (Å²) in [4.78, 5) is 13.1. The van der Waals surface area contributed by atoms with E-state index in [1.165, 1.54) is 11.1 Å². The van der Waals surface area contributed by atoms with Gasteiger partial charge in [0.2, 0.25) is 5.91 Å². The lowest BCUT2D eigenvalue weighted by molar-refractivity contribution is -0.127. The maximum absolute atomic E-state index is 13.1. The fourth-order valence-electron chi connectivity index (χ4n) is 4.25. The molecular weight excluding hydrogens is 468 g/mol. The smallest absolute Gasteiger partial charge is 0.223 e. The van der Waals surface area contributed by atoms with E-state index in [0.717, 1.165) is 40.4 Å². The molecule has 1 aliphatic rings. The molecule has 0 bridgehead atoms. The van der Waals surface area contributed by atoms with E-state index in [1.54, 1.807) is 0 Å². The first-order chi connectivity index (χ1) is 12.9. The Kier molecular flexibility index (Phi) is 6.77. The first-order valence-corrected chi connectivity index (χ1v) is 11.0. The lowest BCUT2D eigenvalue weighted by atomic mass is 9.64. The second-order valence-corrected chi connectivity index (χ2v) is 9.27. The van der Waals surface area contributed by atoms with Crippen LogP contribution in [-0.2, 0) is 16.8 Å². The van der Waals surface area contributed by atoms with Gasteiger partial charge in [-0.2, -0.15) is 0 Å². The Morgan fingerprint density at radius 2 is 1.78 bits per heavy atom. The Morgan fingerprint density at radius 1 is 1.15 bits per heavy atom. The van der Waals surface area contributed by atoms with Crippen molar-refractivity contribution < 1.29 is 4.79 Å². The molecule has 0 saturated carbocycles. The molecule has 0 spiro atoms. The third-order valence-electron chi connectivity index (χ3n) is 5.79. The molecule has 0 aliphatic carbocycles. The normalized spacial score (nSPS) is 17.3. The highest BCUT2D eigenvalue weighted by atomic mass is 79.9. The van der Waals surface area contributed by atoms with Crippen LogP contribution in [0.15, 0.2) is 51.4 Å². The lowest BCUT2D eigenvalue weighted by Crippen LogP contribution is -2.49. The number of carbonyl (C=O) groups excluding carboxylic acids is 1. The molecule has 5 heteroatoms. The average Bonchev–Trinajstić information content (AvgIpc) is 2.65. The maximum Gasteiger partial charge on any atom is 0.223 e. The summed E-state index contributed by atoms with van der Waals surface area (Å²) >= 11 is 7.02. The monoisotopic (exact) mass is 492 g/mol. The van der Waals surface area contributed by atoms with E-state index >= 15 is 0 Å². The molecule has 27 heavy (non-hydrogen) atoms. The second-order valence-electron chi connectivity index (χ2n) is 7.44. The van der Waals surface area contributed by atoms with Gasteiger partial charge in [0.15, 0.2) is 0 Å². The Morgan fingerprint density at radius 3 is 2.41 bits per heavy atom. The number of nitrogens with one attached hydrogen (secondary N) is 2. The first kappa shape index (κ1) is 20.6. The SMILES string of the molecule is Cc1ccccc1C1(C(C)C(=O)NCc2cc(Br)cc(Br)c2)CCNCC1. The molecule has 1 fully saturated rings. The third-order valence-corrected chi connectivity index (χ3v) is 6.70. The lowest BCUT2D eigenvalue weighted by Gasteiger charge is -2.43. The van der Waals surface area contributed by atoms with Crippen molar-refractivity contribution in [2.45, 2.75) is 38.6 Å². The quantitative estimate of drug-likeness (QED) is 0.608. The van der Waals surface area contributed by atoms with Crippen molar-refractivity contribution in [3.05, 3.63) is 68.1 Å². The van der Waals surface area contributed by atoms with Crippen molar-refractivity contribution in [1.82, 2.24) is 10.6 Å². The third kappa shape index (κ3) is 4.64. The number of carbonyl (C=O) groups is 1. The van der Waals surface area contributed by atoms with E-state index < -0.39 is 0 Å². The average molecular weight is 494 g/mol. The Labute approximate surface area is 178 Å². The summed E-state index contributed by atoms with van der Waals surface area (Å²) in [5, 5.41) is 6.61. The molecule has 2 aromatic carbocycles. The van der Waals surface area contributed by atoms with Crippen LogP contribution in [0, 0.1) is 12.8 Å². The summed E-state index contributed by atoms with van der Waals surface area (Å²) < 4.78 is 2.01. The molecule has 3 nitrogen and oxygen atoms in total. The van der Waals surface area contributed by atoms with Crippen LogP contribution in [0.1, 0.15) is 36.5 Å². The van der Waals surface area contributed by atoms with Crippen LogP contribution in [0.5, 0.6) is 0 Å². The van der Waals surface area contributed by atoms with Crippen molar-refractivity contribution in [3.8, 4) is 0 Å². The van der Waals surface area contributed by atoms with Crippen LogP contribution in [0.3, 0.4) is 0 Å². The minimum atomic E-state index is -0.113. The second kappa shape index (κ2) is 8.89. The Balaban J connectivity index is 1.80. The summed E-state index contributed by atoms with van der Waals surface area (Å²) in [7, 11) is 0. The molecule has 0 radical (unpaired) electrons. The summed E-state index contributed by atoms with van der Waals surface area (Å²) in [6.45, 7) is 6.67. The number of hydrogen-bond acceptors (Lipinski definition) is 2. The highest BCUT2D eigenvalue weighted by Crippen LogP contribution is 2.42. The van der Waals surface area contributed by atoms with E-state index in [2.05, 4.69) is 80.6 Å². The summed E-state index contributed by atoms with van der Waals surface area (Å²) in [5.41, 5.74) is 3.56. The summed E-state index contributed by atoms with van der Waals surface area (Å²) in [5.74, 6) is 0.0348. The highest BCUT2D eigenvalue weighted by molar-refractivity contribution is 9.11. The fraction of sp³-hybridized carbons (Fsp3) is 0.409. The van der Waals surface area contributed by atoms with Crippen molar-refractivity contribution in [2.75, 3.05) is 13.1 Å². The number of halogens is 2. The van der Waals surface area contributed by atoms with Gasteiger partial charge in [0.1, 0.15) is 0 Å². The molecule has 1 heterocycles. The Bertz CT molecular complexity index is 795. The zero-order chi connectivity index (χ0) is 19.4. The number of piperidine rings is 1. The fourth-order valence-corrected chi connectivity index (χ4v) is 5.63. The Hall–Kier alpha value is -1.17. The molecule has 1 atom stereocenters. The predicted octanol–water partition coefficient (Wildman–Crippen LogP) is 5.09. The molecule has 144 valence electrons. The molecule has 2 N–H and O–H groups in total. The standard InChI is InChI=1S/C22H26Br2N2O/c1-15-5-3-4-6-20(15)22(7-9-25-10-8-22)16(2)21(27)26-14-17-11-18(23)13-19(24)12-17/h3-6,11-13,16,25H,7-10,14H2,1-2H3,(H,26,27). The van der Waals surface area contributed by atoms with Gasteiger partial charge in [0, 0.05) is 26.8 Å². The van der Waals surface area contributed by atoms with Crippen molar-refractivity contribution in [1.29, 1.82) is 0 Å². The van der Waals surface area contributed by atoms with Crippen LogP contribution in [-0.4, -0.2) is 19.0 Å². The van der Waals surface area contributed by atoms with Crippen LogP contribution in [0.4, 0.5) is 0 Å². The minimum Gasteiger partial charge on any atom is -0.352 e. The van der Waals surface area contributed by atoms with E-state index in [-0.39, 0.29) is 17.2 Å². The largest absolute Gasteiger partial charge is 0.352 e. The van der Waals surface area contributed by atoms with Crippen molar-refractivity contribution in [3.63, 3.8) is 0 Å². The molecule has 1 saturated heterocycles. The molecule has 1 unspecified atom stereocenters. The van der Waals surface area contributed by atoms with Crippen LogP contribution < -0.4 is 10.6 Å². The van der Waals surface area contributed by atoms with Crippen molar-refractivity contribution in [2.24, 2.45) is 5.92 Å². The van der Waals surface area contributed by atoms with Gasteiger partial charge in [0.25, 0.3) is 0 Å². The van der Waals surface area contributed by atoms with Gasteiger partial charge < -0.3 is 10.6 Å².